The van der Waals surface area contributed by atoms with Crippen molar-refractivity contribution in [3.8, 4) is 11.3 Å². The zero-order valence-electron chi connectivity index (χ0n) is 17.9. The van der Waals surface area contributed by atoms with Gasteiger partial charge in [0, 0.05) is 35.1 Å². The van der Waals surface area contributed by atoms with E-state index in [1.54, 1.807) is 6.20 Å². The Kier molecular flexibility index (Phi) is 7.19. The molecule has 0 unspecified atom stereocenters. The summed E-state index contributed by atoms with van der Waals surface area (Å²) in [6.45, 7) is 0.645. The Balaban J connectivity index is 0.000000300. The molecule has 1 aliphatic rings. The maximum atomic E-state index is 6.20. The molecule has 2 aromatic carbocycles. The molecule has 1 aliphatic carbocycles. The first-order chi connectivity index (χ1) is 15.6. The predicted octanol–water partition coefficient (Wildman–Crippen LogP) is 5.15. The topological polar surface area (TPSA) is 119 Å². The highest BCUT2D eigenvalue weighted by Crippen LogP contribution is 2.27. The van der Waals surface area contributed by atoms with Crippen LogP contribution in [0.2, 0.25) is 5.02 Å². The Hall–Kier alpha value is -3.16. The van der Waals surface area contributed by atoms with E-state index in [1.165, 1.54) is 32.1 Å². The molecule has 1 fully saturated rings. The van der Waals surface area contributed by atoms with Crippen LogP contribution >= 0.6 is 11.6 Å². The van der Waals surface area contributed by atoms with E-state index in [-0.39, 0.29) is 5.95 Å². The van der Waals surface area contributed by atoms with Crippen LogP contribution in [0.25, 0.3) is 22.3 Å². The van der Waals surface area contributed by atoms with Gasteiger partial charge in [-0.3, -0.25) is 5.10 Å². The number of benzene rings is 2. The molecule has 7 nitrogen and oxygen atoms in total. The monoisotopic (exact) mass is 449 g/mol. The second kappa shape index (κ2) is 10.4. The average Bonchev–Trinajstić information content (AvgIpc) is 3.23. The Labute approximate surface area is 192 Å². The maximum Gasteiger partial charge on any atom is 0.222 e. The van der Waals surface area contributed by atoms with Gasteiger partial charge in [-0.1, -0.05) is 61.2 Å². The van der Waals surface area contributed by atoms with Crippen LogP contribution in [0.1, 0.15) is 37.7 Å². The third kappa shape index (κ3) is 5.55. The van der Waals surface area contributed by atoms with E-state index in [2.05, 4.69) is 25.5 Å². The first-order valence-electron chi connectivity index (χ1n) is 10.9. The molecule has 0 amide bonds. The zero-order chi connectivity index (χ0) is 22.3. The quantitative estimate of drug-likeness (QED) is 0.342. The van der Waals surface area contributed by atoms with Crippen LogP contribution in [0.4, 0.5) is 11.6 Å². The summed E-state index contributed by atoms with van der Waals surface area (Å²) in [6, 6.07) is 16.4. The number of aromatic nitrogens is 4. The fourth-order valence-electron chi connectivity index (χ4n) is 3.79. The first-order valence-corrected chi connectivity index (χ1v) is 11.3. The number of halogens is 1. The number of nitrogens with zero attached hydrogens (tertiary/aromatic N) is 3. The highest BCUT2D eigenvalue weighted by Gasteiger charge is 2.10. The van der Waals surface area contributed by atoms with E-state index >= 15 is 0 Å². The molecule has 8 heteroatoms. The molecule has 4 aromatic rings. The number of fused-ring (bicyclic) bond motifs is 1. The van der Waals surface area contributed by atoms with Gasteiger partial charge in [0.15, 0.2) is 5.65 Å². The number of nitrogens with two attached hydrogens (primary N) is 2. The molecule has 0 bridgehead atoms. The number of nitrogens with one attached hydrogen (secondary N) is 2. The second-order valence-corrected chi connectivity index (χ2v) is 8.40. The summed E-state index contributed by atoms with van der Waals surface area (Å²) < 4.78 is 0. The Morgan fingerprint density at radius 3 is 2.62 bits per heavy atom. The fraction of sp³-hybridized carbons (Fsp3) is 0.292. The van der Waals surface area contributed by atoms with Crippen molar-refractivity contribution >= 4 is 34.3 Å². The lowest BCUT2D eigenvalue weighted by Crippen LogP contribution is -2.22. The summed E-state index contributed by atoms with van der Waals surface area (Å²) in [7, 11) is 0. The van der Waals surface area contributed by atoms with Gasteiger partial charge in [-0.15, -0.1) is 0 Å². The number of aromatic amines is 1. The van der Waals surface area contributed by atoms with Crippen LogP contribution in [0, 0.1) is 0 Å². The number of nitrogen functional groups attached to an aromatic ring is 1. The molecule has 5 rings (SSSR count). The van der Waals surface area contributed by atoms with Gasteiger partial charge in [-0.25, -0.2) is 4.98 Å². The van der Waals surface area contributed by atoms with E-state index in [0.29, 0.717) is 18.2 Å². The van der Waals surface area contributed by atoms with Crippen LogP contribution < -0.4 is 16.8 Å². The number of rotatable bonds is 4. The summed E-state index contributed by atoms with van der Waals surface area (Å²) in [5.74, 6) is 0.209. The van der Waals surface area contributed by atoms with Crippen molar-refractivity contribution in [3.05, 3.63) is 65.3 Å². The SMILES string of the molecule is NC1CCCCC1.Nc1ncc2c(-c3cccc(NCc4ccccc4Cl)c3)[nH]nc2n1. The number of hydrogen-bond donors (Lipinski definition) is 4. The summed E-state index contributed by atoms with van der Waals surface area (Å²) in [5.41, 5.74) is 15.7. The molecule has 1 saturated carbocycles. The number of H-pyrrole nitrogens is 1. The third-order valence-corrected chi connectivity index (χ3v) is 5.94. The Bertz CT molecular complexity index is 1170. The average molecular weight is 450 g/mol. The van der Waals surface area contributed by atoms with Gasteiger partial charge in [-0.05, 0) is 36.6 Å². The van der Waals surface area contributed by atoms with Crippen molar-refractivity contribution in [2.24, 2.45) is 5.73 Å². The standard InChI is InChI=1S/C18H15ClN6.C6H13N/c19-15-7-2-1-4-12(15)9-21-13-6-3-5-11(8-13)16-14-10-22-18(20)23-17(14)25-24-16;7-6-4-2-1-3-5-6/h1-8,10,21H,9H2,(H3,20,22,23,24,25);6H,1-5,7H2. The summed E-state index contributed by atoms with van der Waals surface area (Å²) in [5, 5.41) is 12.2. The van der Waals surface area contributed by atoms with Crippen molar-refractivity contribution < 1.29 is 0 Å². The van der Waals surface area contributed by atoms with E-state index in [4.69, 9.17) is 23.1 Å². The van der Waals surface area contributed by atoms with E-state index in [9.17, 15) is 0 Å². The van der Waals surface area contributed by atoms with E-state index in [0.717, 1.165) is 32.9 Å². The molecule has 2 aromatic heterocycles. The molecule has 0 radical (unpaired) electrons. The van der Waals surface area contributed by atoms with Crippen molar-refractivity contribution in [1.82, 2.24) is 20.2 Å². The summed E-state index contributed by atoms with van der Waals surface area (Å²) in [6.07, 6.45) is 8.34. The minimum Gasteiger partial charge on any atom is -0.381 e. The van der Waals surface area contributed by atoms with Crippen molar-refractivity contribution in [2.45, 2.75) is 44.7 Å². The minimum absolute atomic E-state index is 0.209. The second-order valence-electron chi connectivity index (χ2n) is 7.99. The Morgan fingerprint density at radius 2 is 1.88 bits per heavy atom. The van der Waals surface area contributed by atoms with Gasteiger partial charge in [0.05, 0.1) is 11.1 Å². The molecule has 0 aliphatic heterocycles. The summed E-state index contributed by atoms with van der Waals surface area (Å²) in [4.78, 5) is 8.17. The highest BCUT2D eigenvalue weighted by molar-refractivity contribution is 6.31. The fourth-order valence-corrected chi connectivity index (χ4v) is 4.00. The predicted molar refractivity (Wildman–Crippen MR) is 131 cm³/mol. The van der Waals surface area contributed by atoms with Crippen molar-refractivity contribution in [2.75, 3.05) is 11.1 Å². The smallest absolute Gasteiger partial charge is 0.222 e. The van der Waals surface area contributed by atoms with Crippen LogP contribution in [0.5, 0.6) is 0 Å². The van der Waals surface area contributed by atoms with Gasteiger partial charge in [-0.2, -0.15) is 10.1 Å². The van der Waals surface area contributed by atoms with E-state index < -0.39 is 0 Å². The Morgan fingerprint density at radius 1 is 1.06 bits per heavy atom. The largest absolute Gasteiger partial charge is 0.381 e. The lowest BCUT2D eigenvalue weighted by atomic mass is 9.97. The summed E-state index contributed by atoms with van der Waals surface area (Å²) >= 11 is 6.20. The first kappa shape index (κ1) is 22.0. The van der Waals surface area contributed by atoms with Crippen LogP contribution in [0.3, 0.4) is 0 Å². The van der Waals surface area contributed by atoms with Gasteiger partial charge in [0.2, 0.25) is 5.95 Å². The molecule has 0 saturated heterocycles. The highest BCUT2D eigenvalue weighted by atomic mass is 35.5. The normalized spacial score (nSPS) is 14.1. The molecule has 6 N–H and O–H groups in total. The van der Waals surface area contributed by atoms with Gasteiger partial charge < -0.3 is 16.8 Å². The molecule has 32 heavy (non-hydrogen) atoms. The molecular weight excluding hydrogens is 422 g/mol. The number of anilines is 2. The van der Waals surface area contributed by atoms with Crippen molar-refractivity contribution in [3.63, 3.8) is 0 Å². The third-order valence-electron chi connectivity index (χ3n) is 5.57. The molecule has 0 spiro atoms. The zero-order valence-corrected chi connectivity index (χ0v) is 18.6. The molecule has 166 valence electrons. The van der Waals surface area contributed by atoms with Gasteiger partial charge in [0.1, 0.15) is 0 Å². The van der Waals surface area contributed by atoms with Crippen LogP contribution in [0.15, 0.2) is 54.7 Å². The van der Waals surface area contributed by atoms with E-state index in [1.807, 2.05) is 48.5 Å². The lowest BCUT2D eigenvalue weighted by Gasteiger charge is -2.15. The number of hydrogen-bond acceptors (Lipinski definition) is 6. The van der Waals surface area contributed by atoms with Crippen LogP contribution in [-0.4, -0.2) is 26.2 Å². The van der Waals surface area contributed by atoms with Gasteiger partial charge in [0.25, 0.3) is 0 Å². The van der Waals surface area contributed by atoms with Gasteiger partial charge >= 0.3 is 0 Å². The minimum atomic E-state index is 0.209. The van der Waals surface area contributed by atoms with Crippen LogP contribution in [-0.2, 0) is 6.54 Å². The van der Waals surface area contributed by atoms with Crippen molar-refractivity contribution in [1.29, 1.82) is 0 Å². The molecule has 2 heterocycles. The lowest BCUT2D eigenvalue weighted by molar-refractivity contribution is 0.441. The molecular formula is C24H28ClN7. The maximum absolute atomic E-state index is 6.20. The molecule has 0 atom stereocenters.